The van der Waals surface area contributed by atoms with Crippen LogP contribution < -0.4 is 5.56 Å². The van der Waals surface area contributed by atoms with Crippen LogP contribution in [-0.4, -0.2) is 43.6 Å². The number of rotatable bonds is 6. The van der Waals surface area contributed by atoms with Crippen molar-refractivity contribution in [2.24, 2.45) is 7.05 Å². The third kappa shape index (κ3) is 3.62. The molecular weight excluding hydrogens is 332 g/mol. The van der Waals surface area contributed by atoms with Crippen LogP contribution in [-0.2, 0) is 13.6 Å². The van der Waals surface area contributed by atoms with Crippen LogP contribution in [0.5, 0.6) is 0 Å². The zero-order chi connectivity index (χ0) is 18.5. The molecule has 0 aliphatic heterocycles. The summed E-state index contributed by atoms with van der Waals surface area (Å²) >= 11 is 0. The fourth-order valence-electron chi connectivity index (χ4n) is 2.79. The van der Waals surface area contributed by atoms with Crippen LogP contribution in [0.3, 0.4) is 0 Å². The highest BCUT2D eigenvalue weighted by Crippen LogP contribution is 2.12. The molecule has 1 N–H and O–H groups in total. The van der Waals surface area contributed by atoms with Crippen molar-refractivity contribution in [1.82, 2.24) is 19.4 Å². The molecule has 7 nitrogen and oxygen atoms in total. The quantitative estimate of drug-likeness (QED) is 0.723. The standard InChI is InChI=1S/C19H20N4O3/c1-22-16-6-3-2-5-15(16)21-17(18(22)25)19(26)23(11-4-12-24)13-14-7-9-20-10-8-14/h2-3,5-10,24H,4,11-13H2,1H3. The van der Waals surface area contributed by atoms with Gasteiger partial charge in [0.1, 0.15) is 0 Å². The summed E-state index contributed by atoms with van der Waals surface area (Å²) in [5, 5.41) is 9.14. The lowest BCUT2D eigenvalue weighted by atomic mass is 10.2. The van der Waals surface area contributed by atoms with Crippen molar-refractivity contribution in [2.75, 3.05) is 13.2 Å². The minimum absolute atomic E-state index is 0.0384. The fraction of sp³-hybridized carbons (Fsp3) is 0.263. The first-order chi connectivity index (χ1) is 12.6. The number of pyridine rings is 1. The van der Waals surface area contributed by atoms with E-state index in [9.17, 15) is 9.59 Å². The van der Waals surface area contributed by atoms with Gasteiger partial charge in [0, 0.05) is 39.1 Å². The predicted octanol–water partition coefficient (Wildman–Crippen LogP) is 1.35. The highest BCUT2D eigenvalue weighted by atomic mass is 16.3. The van der Waals surface area contributed by atoms with Crippen molar-refractivity contribution < 1.29 is 9.90 Å². The molecule has 2 heterocycles. The lowest BCUT2D eigenvalue weighted by molar-refractivity contribution is 0.0724. The molecule has 0 aliphatic carbocycles. The number of carbonyl (C=O) groups excluding carboxylic acids is 1. The normalized spacial score (nSPS) is 10.8. The van der Waals surface area contributed by atoms with E-state index < -0.39 is 11.5 Å². The number of aliphatic hydroxyl groups is 1. The van der Waals surface area contributed by atoms with Gasteiger partial charge in [0.25, 0.3) is 11.5 Å². The summed E-state index contributed by atoms with van der Waals surface area (Å²) in [5.74, 6) is -0.443. The molecule has 0 unspecified atom stereocenters. The van der Waals surface area contributed by atoms with E-state index in [2.05, 4.69) is 9.97 Å². The Morgan fingerprint density at radius 1 is 1.19 bits per heavy atom. The number of carbonyl (C=O) groups is 1. The second-order valence-electron chi connectivity index (χ2n) is 5.97. The number of fused-ring (bicyclic) bond motifs is 1. The van der Waals surface area contributed by atoms with Crippen LogP contribution in [0.25, 0.3) is 11.0 Å². The van der Waals surface area contributed by atoms with Gasteiger partial charge in [-0.2, -0.15) is 0 Å². The molecule has 134 valence electrons. The maximum absolute atomic E-state index is 13.0. The van der Waals surface area contributed by atoms with Gasteiger partial charge < -0.3 is 14.6 Å². The van der Waals surface area contributed by atoms with E-state index in [1.165, 1.54) is 9.47 Å². The largest absolute Gasteiger partial charge is 0.396 e. The van der Waals surface area contributed by atoms with Crippen LogP contribution >= 0.6 is 0 Å². The number of para-hydroxylation sites is 2. The molecule has 26 heavy (non-hydrogen) atoms. The Morgan fingerprint density at radius 3 is 2.65 bits per heavy atom. The zero-order valence-corrected chi connectivity index (χ0v) is 14.5. The van der Waals surface area contributed by atoms with Gasteiger partial charge in [-0.15, -0.1) is 0 Å². The first-order valence-corrected chi connectivity index (χ1v) is 8.36. The molecule has 1 aromatic carbocycles. The van der Waals surface area contributed by atoms with Gasteiger partial charge in [-0.25, -0.2) is 4.98 Å². The van der Waals surface area contributed by atoms with Crippen LogP contribution in [0, 0.1) is 0 Å². The van der Waals surface area contributed by atoms with Gasteiger partial charge in [-0.3, -0.25) is 14.6 Å². The Bertz CT molecular complexity index is 969. The zero-order valence-electron chi connectivity index (χ0n) is 14.5. The number of hydrogen-bond donors (Lipinski definition) is 1. The van der Waals surface area contributed by atoms with E-state index in [0.29, 0.717) is 30.5 Å². The Morgan fingerprint density at radius 2 is 1.92 bits per heavy atom. The summed E-state index contributed by atoms with van der Waals surface area (Å²) in [5.41, 5.74) is 1.61. The predicted molar refractivity (Wildman–Crippen MR) is 97.7 cm³/mol. The molecule has 0 fully saturated rings. The average molecular weight is 352 g/mol. The molecule has 3 aromatic rings. The SMILES string of the molecule is Cn1c(=O)c(C(=O)N(CCCO)Cc2ccncc2)nc2ccccc21. The third-order valence-electron chi connectivity index (χ3n) is 4.18. The monoisotopic (exact) mass is 352 g/mol. The summed E-state index contributed by atoms with van der Waals surface area (Å²) < 4.78 is 1.44. The van der Waals surface area contributed by atoms with E-state index in [4.69, 9.17) is 5.11 Å². The van der Waals surface area contributed by atoms with Gasteiger partial charge >= 0.3 is 0 Å². The van der Waals surface area contributed by atoms with E-state index in [1.807, 2.05) is 24.3 Å². The van der Waals surface area contributed by atoms with Gasteiger partial charge in [0.15, 0.2) is 5.69 Å². The number of benzene rings is 1. The van der Waals surface area contributed by atoms with Crippen molar-refractivity contribution in [3.8, 4) is 0 Å². The van der Waals surface area contributed by atoms with E-state index in [-0.39, 0.29) is 12.3 Å². The lowest BCUT2D eigenvalue weighted by Gasteiger charge is -2.22. The molecule has 0 bridgehead atoms. The molecule has 0 saturated heterocycles. The Balaban J connectivity index is 1.99. The highest BCUT2D eigenvalue weighted by molar-refractivity contribution is 5.93. The molecule has 7 heteroatoms. The smallest absolute Gasteiger partial charge is 0.282 e. The topological polar surface area (TPSA) is 88.3 Å². The van der Waals surface area contributed by atoms with Crippen molar-refractivity contribution in [2.45, 2.75) is 13.0 Å². The average Bonchev–Trinajstić information content (AvgIpc) is 2.68. The molecule has 0 atom stereocenters. The molecule has 0 radical (unpaired) electrons. The second-order valence-corrected chi connectivity index (χ2v) is 5.97. The molecule has 0 saturated carbocycles. The Labute approximate surface area is 150 Å². The van der Waals surface area contributed by atoms with Crippen molar-refractivity contribution in [3.05, 3.63) is 70.4 Å². The van der Waals surface area contributed by atoms with Crippen molar-refractivity contribution in [1.29, 1.82) is 0 Å². The third-order valence-corrected chi connectivity index (χ3v) is 4.18. The molecule has 1 amide bonds. The summed E-state index contributed by atoms with van der Waals surface area (Å²) in [6.45, 7) is 0.609. The minimum atomic E-state index is -0.443. The van der Waals surface area contributed by atoms with Crippen LogP contribution in [0.1, 0.15) is 22.5 Å². The summed E-state index contributed by atoms with van der Waals surface area (Å²) in [6, 6.07) is 10.8. The molecule has 2 aromatic heterocycles. The first-order valence-electron chi connectivity index (χ1n) is 8.36. The number of nitrogens with zero attached hydrogens (tertiary/aromatic N) is 4. The summed E-state index contributed by atoms with van der Waals surface area (Å²) in [4.78, 5) is 35.5. The van der Waals surface area contributed by atoms with E-state index in [0.717, 1.165) is 5.56 Å². The molecular formula is C19H20N4O3. The molecule has 0 aliphatic rings. The van der Waals surface area contributed by atoms with Crippen LogP contribution in [0.4, 0.5) is 0 Å². The summed E-state index contributed by atoms with van der Waals surface area (Å²) in [7, 11) is 1.63. The first kappa shape index (κ1) is 17.8. The minimum Gasteiger partial charge on any atom is -0.396 e. The highest BCUT2D eigenvalue weighted by Gasteiger charge is 2.22. The summed E-state index contributed by atoms with van der Waals surface area (Å²) in [6.07, 6.45) is 3.72. The number of aryl methyl sites for hydroxylation is 1. The second kappa shape index (κ2) is 7.88. The number of hydrogen-bond acceptors (Lipinski definition) is 5. The van der Waals surface area contributed by atoms with Gasteiger partial charge in [0.05, 0.1) is 11.0 Å². The van der Waals surface area contributed by atoms with Crippen LogP contribution in [0.15, 0.2) is 53.6 Å². The number of aliphatic hydroxyl groups excluding tert-OH is 1. The number of amides is 1. The Kier molecular flexibility index (Phi) is 5.38. The maximum atomic E-state index is 13.0. The van der Waals surface area contributed by atoms with Crippen molar-refractivity contribution in [3.63, 3.8) is 0 Å². The maximum Gasteiger partial charge on any atom is 0.282 e. The lowest BCUT2D eigenvalue weighted by Crippen LogP contribution is -2.38. The van der Waals surface area contributed by atoms with Crippen molar-refractivity contribution >= 4 is 16.9 Å². The van der Waals surface area contributed by atoms with Crippen LogP contribution in [0.2, 0.25) is 0 Å². The fourth-order valence-corrected chi connectivity index (χ4v) is 2.79. The van der Waals surface area contributed by atoms with Gasteiger partial charge in [0.2, 0.25) is 0 Å². The number of aromatic nitrogens is 3. The van der Waals surface area contributed by atoms with E-state index >= 15 is 0 Å². The van der Waals surface area contributed by atoms with E-state index in [1.54, 1.807) is 31.6 Å². The molecule has 0 spiro atoms. The van der Waals surface area contributed by atoms with Gasteiger partial charge in [-0.05, 0) is 36.2 Å². The molecule has 3 rings (SSSR count). The Hall–Kier alpha value is -3.06. The van der Waals surface area contributed by atoms with Gasteiger partial charge in [-0.1, -0.05) is 12.1 Å².